The molecule has 1 aliphatic rings. The van der Waals surface area contributed by atoms with Gasteiger partial charge in [0, 0.05) is 31.2 Å². The van der Waals surface area contributed by atoms with E-state index < -0.39 is 0 Å². The maximum atomic E-state index is 12.3. The van der Waals surface area contributed by atoms with Crippen molar-refractivity contribution in [2.24, 2.45) is 5.92 Å². The molecule has 1 amide bonds. The van der Waals surface area contributed by atoms with Gasteiger partial charge in [0.1, 0.15) is 0 Å². The fourth-order valence-electron chi connectivity index (χ4n) is 2.31. The first-order chi connectivity index (χ1) is 9.29. The normalized spacial score (nSPS) is 15.3. The van der Waals surface area contributed by atoms with Crippen LogP contribution in [0.5, 0.6) is 0 Å². The molecule has 4 nitrogen and oxygen atoms in total. The predicted octanol–water partition coefficient (Wildman–Crippen LogP) is 2.01. The van der Waals surface area contributed by atoms with Gasteiger partial charge in [-0.3, -0.25) is 4.79 Å². The molecule has 1 fully saturated rings. The molecule has 0 radical (unpaired) electrons. The molecule has 4 heteroatoms. The fourth-order valence-corrected chi connectivity index (χ4v) is 2.31. The molecule has 0 atom stereocenters. The van der Waals surface area contributed by atoms with Crippen LogP contribution in [-0.2, 0) is 0 Å². The highest BCUT2D eigenvalue weighted by Crippen LogP contribution is 2.27. The van der Waals surface area contributed by atoms with Crippen molar-refractivity contribution < 1.29 is 14.3 Å². The number of aliphatic hydroxyl groups excluding tert-OH is 1. The van der Waals surface area contributed by atoms with Crippen LogP contribution in [0.2, 0.25) is 0 Å². The van der Waals surface area contributed by atoms with Gasteiger partial charge in [-0.2, -0.15) is 0 Å². The number of rotatable bonds is 3. The molecule has 19 heavy (non-hydrogen) atoms. The monoisotopic (exact) mass is 257 g/mol. The van der Waals surface area contributed by atoms with Gasteiger partial charge >= 0.3 is 0 Å². The quantitative estimate of drug-likeness (QED) is 0.915. The van der Waals surface area contributed by atoms with E-state index in [1.807, 2.05) is 36.4 Å². The second kappa shape index (κ2) is 4.90. The standard InChI is InChI=1S/C15H15NO3/c17-10-11-8-16(9-11)15(18)14-13(6-7-19-14)12-4-2-1-3-5-12/h1-7,11,17H,8-10H2. The number of benzene rings is 1. The van der Waals surface area contributed by atoms with Crippen molar-refractivity contribution in [3.63, 3.8) is 0 Å². The molecule has 1 aromatic carbocycles. The Morgan fingerprint density at radius 3 is 2.68 bits per heavy atom. The molecule has 98 valence electrons. The van der Waals surface area contributed by atoms with Crippen LogP contribution in [0.1, 0.15) is 10.6 Å². The van der Waals surface area contributed by atoms with Crippen molar-refractivity contribution >= 4 is 5.91 Å². The van der Waals surface area contributed by atoms with E-state index in [0.717, 1.165) is 11.1 Å². The Morgan fingerprint density at radius 1 is 1.26 bits per heavy atom. The van der Waals surface area contributed by atoms with E-state index in [4.69, 9.17) is 9.52 Å². The van der Waals surface area contributed by atoms with Gasteiger partial charge in [0.2, 0.25) is 0 Å². The zero-order valence-corrected chi connectivity index (χ0v) is 10.5. The lowest BCUT2D eigenvalue weighted by Crippen LogP contribution is -2.51. The Morgan fingerprint density at radius 2 is 2.00 bits per heavy atom. The van der Waals surface area contributed by atoms with Crippen LogP contribution < -0.4 is 0 Å². The molecule has 0 unspecified atom stereocenters. The molecular weight excluding hydrogens is 242 g/mol. The fraction of sp³-hybridized carbons (Fsp3) is 0.267. The van der Waals surface area contributed by atoms with Crippen LogP contribution in [-0.4, -0.2) is 35.6 Å². The molecular formula is C15H15NO3. The third kappa shape index (κ3) is 2.15. The van der Waals surface area contributed by atoms with Gasteiger partial charge < -0.3 is 14.4 Å². The first-order valence-electron chi connectivity index (χ1n) is 6.32. The Kier molecular flexibility index (Phi) is 3.09. The molecule has 2 heterocycles. The number of aliphatic hydroxyl groups is 1. The number of amides is 1. The molecule has 3 rings (SSSR count). The van der Waals surface area contributed by atoms with E-state index in [2.05, 4.69) is 0 Å². The van der Waals surface area contributed by atoms with Crippen molar-refractivity contribution in [2.45, 2.75) is 0 Å². The minimum absolute atomic E-state index is 0.103. The maximum absolute atomic E-state index is 12.3. The summed E-state index contributed by atoms with van der Waals surface area (Å²) in [5.41, 5.74) is 1.79. The van der Waals surface area contributed by atoms with E-state index in [-0.39, 0.29) is 18.4 Å². The van der Waals surface area contributed by atoms with Crippen molar-refractivity contribution in [1.82, 2.24) is 4.90 Å². The van der Waals surface area contributed by atoms with Crippen LogP contribution >= 0.6 is 0 Å². The zero-order valence-electron chi connectivity index (χ0n) is 10.5. The van der Waals surface area contributed by atoms with E-state index in [1.165, 1.54) is 0 Å². The number of hydrogen-bond acceptors (Lipinski definition) is 3. The van der Waals surface area contributed by atoms with E-state index in [1.54, 1.807) is 11.2 Å². The highest BCUT2D eigenvalue weighted by Gasteiger charge is 2.33. The van der Waals surface area contributed by atoms with E-state index in [9.17, 15) is 4.79 Å². The molecule has 1 N–H and O–H groups in total. The van der Waals surface area contributed by atoms with Crippen molar-refractivity contribution in [2.75, 3.05) is 19.7 Å². The summed E-state index contributed by atoms with van der Waals surface area (Å²) < 4.78 is 5.35. The summed E-state index contributed by atoms with van der Waals surface area (Å²) in [4.78, 5) is 14.0. The maximum Gasteiger partial charge on any atom is 0.290 e. The van der Waals surface area contributed by atoms with Crippen LogP contribution in [0.15, 0.2) is 47.1 Å². The third-order valence-corrected chi connectivity index (χ3v) is 3.45. The van der Waals surface area contributed by atoms with Crippen molar-refractivity contribution in [1.29, 1.82) is 0 Å². The van der Waals surface area contributed by atoms with Gasteiger partial charge in [-0.25, -0.2) is 0 Å². The minimum atomic E-state index is -0.103. The Bertz CT molecular complexity index is 570. The summed E-state index contributed by atoms with van der Waals surface area (Å²) in [6.07, 6.45) is 1.54. The van der Waals surface area contributed by atoms with Crippen LogP contribution in [0.3, 0.4) is 0 Å². The Balaban J connectivity index is 1.83. The molecule has 0 aliphatic carbocycles. The van der Waals surface area contributed by atoms with E-state index >= 15 is 0 Å². The lowest BCUT2D eigenvalue weighted by Gasteiger charge is -2.37. The average molecular weight is 257 g/mol. The van der Waals surface area contributed by atoms with E-state index in [0.29, 0.717) is 18.8 Å². The third-order valence-electron chi connectivity index (χ3n) is 3.45. The van der Waals surface area contributed by atoms with Gasteiger partial charge in [0.15, 0.2) is 5.76 Å². The smallest absolute Gasteiger partial charge is 0.290 e. The van der Waals surface area contributed by atoms with Crippen molar-refractivity contribution in [3.05, 3.63) is 48.4 Å². The first-order valence-corrected chi connectivity index (χ1v) is 6.32. The summed E-state index contributed by atoms with van der Waals surface area (Å²) in [5, 5.41) is 8.99. The summed E-state index contributed by atoms with van der Waals surface area (Å²) in [5.74, 6) is 0.482. The molecule has 0 bridgehead atoms. The van der Waals surface area contributed by atoms with Crippen LogP contribution in [0, 0.1) is 5.92 Å². The summed E-state index contributed by atoms with van der Waals surface area (Å²) in [6, 6.07) is 11.5. The number of carbonyl (C=O) groups is 1. The lowest BCUT2D eigenvalue weighted by molar-refractivity contribution is 0.0335. The molecule has 0 saturated carbocycles. The number of hydrogen-bond donors (Lipinski definition) is 1. The lowest BCUT2D eigenvalue weighted by atomic mass is 9.99. The summed E-state index contributed by atoms with van der Waals surface area (Å²) >= 11 is 0. The van der Waals surface area contributed by atoms with Crippen molar-refractivity contribution in [3.8, 4) is 11.1 Å². The van der Waals surface area contributed by atoms with Crippen LogP contribution in [0.25, 0.3) is 11.1 Å². The number of furan rings is 1. The van der Waals surface area contributed by atoms with Gasteiger partial charge in [-0.1, -0.05) is 30.3 Å². The predicted molar refractivity (Wildman–Crippen MR) is 70.6 cm³/mol. The molecule has 1 aliphatic heterocycles. The number of likely N-dealkylation sites (tertiary alicyclic amines) is 1. The zero-order chi connectivity index (χ0) is 13.2. The average Bonchev–Trinajstić information content (AvgIpc) is 2.87. The minimum Gasteiger partial charge on any atom is -0.459 e. The summed E-state index contributed by atoms with van der Waals surface area (Å²) in [7, 11) is 0. The number of nitrogens with zero attached hydrogens (tertiary/aromatic N) is 1. The first kappa shape index (κ1) is 12.0. The largest absolute Gasteiger partial charge is 0.459 e. The Hall–Kier alpha value is -2.07. The van der Waals surface area contributed by atoms with Gasteiger partial charge in [0.25, 0.3) is 5.91 Å². The molecule has 1 aromatic heterocycles. The molecule has 1 saturated heterocycles. The second-order valence-corrected chi connectivity index (χ2v) is 4.79. The highest BCUT2D eigenvalue weighted by atomic mass is 16.3. The van der Waals surface area contributed by atoms with Gasteiger partial charge in [-0.15, -0.1) is 0 Å². The SMILES string of the molecule is O=C(c1occc1-c1ccccc1)N1CC(CO)C1. The van der Waals surface area contributed by atoms with Crippen LogP contribution in [0.4, 0.5) is 0 Å². The second-order valence-electron chi connectivity index (χ2n) is 4.79. The molecule has 0 spiro atoms. The molecule has 2 aromatic rings. The Labute approximate surface area is 111 Å². The van der Waals surface area contributed by atoms with Gasteiger partial charge in [-0.05, 0) is 11.6 Å². The summed E-state index contributed by atoms with van der Waals surface area (Å²) in [6.45, 7) is 1.34. The van der Waals surface area contributed by atoms with Gasteiger partial charge in [0.05, 0.1) is 6.26 Å². The number of carbonyl (C=O) groups excluding carboxylic acids is 1. The topological polar surface area (TPSA) is 53.7 Å². The highest BCUT2D eigenvalue weighted by molar-refractivity contribution is 5.98.